The minimum Gasteiger partial charge on any atom is -0.313 e. The minimum atomic E-state index is -3.05. The fourth-order valence-corrected chi connectivity index (χ4v) is 3.80. The van der Waals surface area contributed by atoms with E-state index >= 15 is 0 Å². The third-order valence-electron chi connectivity index (χ3n) is 2.91. The van der Waals surface area contributed by atoms with Crippen molar-refractivity contribution in [3.05, 3.63) is 35.4 Å². The zero-order chi connectivity index (χ0) is 13.6. The summed E-state index contributed by atoms with van der Waals surface area (Å²) in [5.41, 5.74) is 1.97. The fourth-order valence-electron chi connectivity index (χ4n) is 2.03. The molecule has 4 heteroatoms. The number of sulfone groups is 1. The number of rotatable bonds is 7. The van der Waals surface area contributed by atoms with Gasteiger partial charge in [-0.2, -0.15) is 0 Å². The van der Waals surface area contributed by atoms with E-state index in [-0.39, 0.29) is 17.5 Å². The third-order valence-corrected chi connectivity index (χ3v) is 4.59. The Balaban J connectivity index is 2.70. The molecular weight excluding hydrogens is 246 g/mol. The van der Waals surface area contributed by atoms with Crippen LogP contribution in [0, 0.1) is 6.92 Å². The van der Waals surface area contributed by atoms with Crippen molar-refractivity contribution < 1.29 is 8.42 Å². The highest BCUT2D eigenvalue weighted by Gasteiger charge is 2.17. The lowest BCUT2D eigenvalue weighted by atomic mass is 10.2. The van der Waals surface area contributed by atoms with Gasteiger partial charge in [0.2, 0.25) is 0 Å². The average molecular weight is 269 g/mol. The van der Waals surface area contributed by atoms with Gasteiger partial charge in [0, 0.05) is 6.04 Å². The second-order valence-corrected chi connectivity index (χ2v) is 6.82. The molecule has 18 heavy (non-hydrogen) atoms. The highest BCUT2D eigenvalue weighted by Crippen LogP contribution is 2.10. The molecule has 1 atom stereocenters. The maximum atomic E-state index is 12.1. The Bertz CT molecular complexity index is 468. The van der Waals surface area contributed by atoms with E-state index in [9.17, 15) is 8.42 Å². The molecule has 1 unspecified atom stereocenters. The normalized spacial score (nSPS) is 13.5. The van der Waals surface area contributed by atoms with Crippen LogP contribution in [-0.4, -0.2) is 26.8 Å². The topological polar surface area (TPSA) is 46.2 Å². The van der Waals surface area contributed by atoms with Gasteiger partial charge in [-0.25, -0.2) is 8.42 Å². The Morgan fingerprint density at radius 2 is 2.00 bits per heavy atom. The lowest BCUT2D eigenvalue weighted by Crippen LogP contribution is -2.35. The van der Waals surface area contributed by atoms with Gasteiger partial charge in [-0.05, 0) is 25.5 Å². The molecule has 102 valence electrons. The predicted molar refractivity (Wildman–Crippen MR) is 76.4 cm³/mol. The van der Waals surface area contributed by atoms with E-state index in [0.717, 1.165) is 24.1 Å². The number of aryl methyl sites for hydroxylation is 1. The van der Waals surface area contributed by atoms with E-state index < -0.39 is 9.84 Å². The lowest BCUT2D eigenvalue weighted by Gasteiger charge is -2.15. The van der Waals surface area contributed by atoms with Gasteiger partial charge in [-0.1, -0.05) is 43.7 Å². The van der Waals surface area contributed by atoms with Crippen molar-refractivity contribution in [2.45, 2.75) is 39.0 Å². The van der Waals surface area contributed by atoms with Crippen LogP contribution in [0.5, 0.6) is 0 Å². The van der Waals surface area contributed by atoms with Gasteiger partial charge in [0.1, 0.15) is 0 Å². The van der Waals surface area contributed by atoms with Crippen LogP contribution in [0.15, 0.2) is 24.3 Å². The quantitative estimate of drug-likeness (QED) is 0.826. The molecule has 0 fully saturated rings. The van der Waals surface area contributed by atoms with Crippen LogP contribution < -0.4 is 5.32 Å². The molecule has 1 aromatic carbocycles. The summed E-state index contributed by atoms with van der Waals surface area (Å²) in [7, 11) is -3.05. The summed E-state index contributed by atoms with van der Waals surface area (Å²) in [6, 6.07) is 7.75. The summed E-state index contributed by atoms with van der Waals surface area (Å²) in [5, 5.41) is 3.21. The van der Waals surface area contributed by atoms with E-state index in [1.165, 1.54) is 0 Å². The van der Waals surface area contributed by atoms with E-state index in [1.54, 1.807) is 0 Å². The van der Waals surface area contributed by atoms with Crippen LogP contribution in [0.2, 0.25) is 0 Å². The van der Waals surface area contributed by atoms with Crippen LogP contribution in [0.1, 0.15) is 31.4 Å². The smallest absolute Gasteiger partial charge is 0.155 e. The molecule has 0 aliphatic carbocycles. The average Bonchev–Trinajstić information content (AvgIpc) is 2.27. The van der Waals surface area contributed by atoms with Gasteiger partial charge in [-0.15, -0.1) is 0 Å². The Morgan fingerprint density at radius 3 is 2.56 bits per heavy atom. The summed E-state index contributed by atoms with van der Waals surface area (Å²) in [6.07, 6.45) is 0.834. The summed E-state index contributed by atoms with van der Waals surface area (Å²) in [4.78, 5) is 0. The van der Waals surface area contributed by atoms with Crippen molar-refractivity contribution >= 4 is 9.84 Å². The molecular formula is C14H23NO2S. The van der Waals surface area contributed by atoms with Gasteiger partial charge in [-0.3, -0.25) is 0 Å². The molecule has 0 heterocycles. The van der Waals surface area contributed by atoms with Gasteiger partial charge in [0.15, 0.2) is 9.84 Å². The molecule has 1 N–H and O–H groups in total. The largest absolute Gasteiger partial charge is 0.313 e. The molecule has 0 saturated carbocycles. The van der Waals surface area contributed by atoms with E-state index in [1.807, 2.05) is 45.0 Å². The molecule has 0 bridgehead atoms. The van der Waals surface area contributed by atoms with E-state index in [4.69, 9.17) is 0 Å². The zero-order valence-electron chi connectivity index (χ0n) is 11.4. The Kier molecular flexibility index (Phi) is 5.82. The Morgan fingerprint density at radius 1 is 1.28 bits per heavy atom. The SMILES string of the molecule is CCNC(CC)CS(=O)(=O)Cc1cccc(C)c1. The maximum Gasteiger partial charge on any atom is 0.155 e. The van der Waals surface area contributed by atoms with Crippen molar-refractivity contribution in [3.8, 4) is 0 Å². The van der Waals surface area contributed by atoms with Crippen LogP contribution >= 0.6 is 0 Å². The first-order valence-corrected chi connectivity index (χ1v) is 8.28. The van der Waals surface area contributed by atoms with Gasteiger partial charge < -0.3 is 5.32 Å². The number of hydrogen-bond acceptors (Lipinski definition) is 3. The number of nitrogens with one attached hydrogen (secondary N) is 1. The lowest BCUT2D eigenvalue weighted by molar-refractivity contribution is 0.533. The number of hydrogen-bond donors (Lipinski definition) is 1. The predicted octanol–water partition coefficient (Wildman–Crippen LogP) is 2.30. The van der Waals surface area contributed by atoms with Crippen molar-refractivity contribution in [1.29, 1.82) is 0 Å². The molecule has 0 spiro atoms. The third kappa shape index (κ3) is 5.19. The highest BCUT2D eigenvalue weighted by atomic mass is 32.2. The van der Waals surface area contributed by atoms with Crippen molar-refractivity contribution in [1.82, 2.24) is 5.32 Å². The molecule has 0 amide bonds. The summed E-state index contributed by atoms with van der Waals surface area (Å²) < 4.78 is 24.2. The summed E-state index contributed by atoms with van der Waals surface area (Å²) in [5.74, 6) is 0.349. The maximum absolute atomic E-state index is 12.1. The Labute approximate surface area is 111 Å². The first-order valence-electron chi connectivity index (χ1n) is 6.46. The molecule has 1 aromatic rings. The standard InChI is InChI=1S/C14H23NO2S/c1-4-14(15-5-2)11-18(16,17)10-13-8-6-7-12(3)9-13/h6-9,14-15H,4-5,10-11H2,1-3H3. The molecule has 0 aliphatic heterocycles. The first kappa shape index (κ1) is 15.2. The van der Waals surface area contributed by atoms with Crippen molar-refractivity contribution in [2.75, 3.05) is 12.3 Å². The monoisotopic (exact) mass is 269 g/mol. The molecule has 0 aromatic heterocycles. The van der Waals surface area contributed by atoms with Crippen molar-refractivity contribution in [2.24, 2.45) is 0 Å². The van der Waals surface area contributed by atoms with Gasteiger partial charge in [0.05, 0.1) is 11.5 Å². The first-order chi connectivity index (χ1) is 8.46. The zero-order valence-corrected chi connectivity index (χ0v) is 12.3. The summed E-state index contributed by atoms with van der Waals surface area (Å²) in [6.45, 7) is 6.79. The summed E-state index contributed by atoms with van der Waals surface area (Å²) >= 11 is 0. The minimum absolute atomic E-state index is 0.0600. The number of benzene rings is 1. The molecule has 0 aliphatic rings. The second-order valence-electron chi connectivity index (χ2n) is 4.71. The van der Waals surface area contributed by atoms with Gasteiger partial charge >= 0.3 is 0 Å². The highest BCUT2D eigenvalue weighted by molar-refractivity contribution is 7.90. The molecule has 0 saturated heterocycles. The van der Waals surface area contributed by atoms with Crippen molar-refractivity contribution in [3.63, 3.8) is 0 Å². The van der Waals surface area contributed by atoms with Crippen LogP contribution in [0.4, 0.5) is 0 Å². The van der Waals surface area contributed by atoms with Crippen LogP contribution in [0.3, 0.4) is 0 Å². The van der Waals surface area contributed by atoms with E-state index in [2.05, 4.69) is 5.32 Å². The fraction of sp³-hybridized carbons (Fsp3) is 0.571. The molecule has 3 nitrogen and oxygen atoms in total. The molecule has 0 radical (unpaired) electrons. The van der Waals surface area contributed by atoms with Crippen LogP contribution in [0.25, 0.3) is 0 Å². The van der Waals surface area contributed by atoms with Gasteiger partial charge in [0.25, 0.3) is 0 Å². The van der Waals surface area contributed by atoms with Crippen LogP contribution in [-0.2, 0) is 15.6 Å². The second kappa shape index (κ2) is 6.90. The Hall–Kier alpha value is -0.870. The van der Waals surface area contributed by atoms with E-state index in [0.29, 0.717) is 0 Å². The molecule has 1 rings (SSSR count).